The highest BCUT2D eigenvalue weighted by Gasteiger charge is 2.42. The molecule has 5 nitrogen and oxygen atoms in total. The highest BCUT2D eigenvalue weighted by Crippen LogP contribution is 2.33. The minimum atomic E-state index is 0.0517. The van der Waals surface area contributed by atoms with E-state index in [1.54, 1.807) is 6.07 Å². The summed E-state index contributed by atoms with van der Waals surface area (Å²) >= 11 is 0. The fraction of sp³-hybridized carbons (Fsp3) is 0.636. The second-order valence-electron chi connectivity index (χ2n) is 4.71. The standard InChI is InChI=1S/C11H15N3O2/c1-6-4-10(16-14-6)13-11(15)8-5-7-2-3-9(8)12-7/h4,7-9,12H,2-3,5H2,1H3,(H,13,15). The summed E-state index contributed by atoms with van der Waals surface area (Å²) < 4.78 is 4.97. The molecule has 2 aliphatic rings. The number of aryl methyl sites for hydroxylation is 1. The van der Waals surface area contributed by atoms with Gasteiger partial charge in [0.15, 0.2) is 0 Å². The van der Waals surface area contributed by atoms with Gasteiger partial charge in [0.1, 0.15) is 0 Å². The van der Waals surface area contributed by atoms with Crippen molar-refractivity contribution in [1.29, 1.82) is 0 Å². The summed E-state index contributed by atoms with van der Waals surface area (Å²) in [5.74, 6) is 0.588. The van der Waals surface area contributed by atoms with Crippen LogP contribution in [0, 0.1) is 12.8 Å². The maximum Gasteiger partial charge on any atom is 0.231 e. The van der Waals surface area contributed by atoms with Gasteiger partial charge in [0.2, 0.25) is 11.8 Å². The zero-order valence-electron chi connectivity index (χ0n) is 9.19. The van der Waals surface area contributed by atoms with E-state index in [0.717, 1.165) is 18.5 Å². The van der Waals surface area contributed by atoms with Gasteiger partial charge in [-0.1, -0.05) is 5.16 Å². The van der Waals surface area contributed by atoms with Crippen molar-refractivity contribution in [3.63, 3.8) is 0 Å². The number of anilines is 1. The predicted molar refractivity (Wildman–Crippen MR) is 57.9 cm³/mol. The smallest absolute Gasteiger partial charge is 0.231 e. The zero-order valence-corrected chi connectivity index (χ0v) is 9.19. The van der Waals surface area contributed by atoms with Crippen LogP contribution in [0.15, 0.2) is 10.6 Å². The number of rotatable bonds is 2. The maximum absolute atomic E-state index is 12.0. The summed E-state index contributed by atoms with van der Waals surface area (Å²) in [5, 5.41) is 9.96. The molecular weight excluding hydrogens is 206 g/mol. The van der Waals surface area contributed by atoms with Crippen LogP contribution in [0.4, 0.5) is 5.88 Å². The predicted octanol–water partition coefficient (Wildman–Crippen LogP) is 1.06. The minimum absolute atomic E-state index is 0.0517. The third-order valence-corrected chi connectivity index (χ3v) is 3.51. The van der Waals surface area contributed by atoms with Crippen LogP contribution in [0.1, 0.15) is 25.0 Å². The number of fused-ring (bicyclic) bond motifs is 2. The van der Waals surface area contributed by atoms with Crippen LogP contribution in [-0.4, -0.2) is 23.1 Å². The van der Waals surface area contributed by atoms with Gasteiger partial charge in [0.05, 0.1) is 11.6 Å². The van der Waals surface area contributed by atoms with E-state index < -0.39 is 0 Å². The number of carbonyl (C=O) groups excluding carboxylic acids is 1. The molecule has 3 atom stereocenters. The lowest BCUT2D eigenvalue weighted by molar-refractivity contribution is -0.120. The number of hydrogen-bond donors (Lipinski definition) is 2. The van der Waals surface area contributed by atoms with E-state index in [2.05, 4.69) is 15.8 Å². The van der Waals surface area contributed by atoms with E-state index in [-0.39, 0.29) is 11.8 Å². The molecule has 2 aliphatic heterocycles. The molecule has 3 unspecified atom stereocenters. The molecule has 0 saturated carbocycles. The van der Waals surface area contributed by atoms with E-state index in [1.165, 1.54) is 6.42 Å². The van der Waals surface area contributed by atoms with Crippen molar-refractivity contribution in [2.24, 2.45) is 5.92 Å². The Morgan fingerprint density at radius 2 is 2.50 bits per heavy atom. The van der Waals surface area contributed by atoms with Gasteiger partial charge >= 0.3 is 0 Å². The Morgan fingerprint density at radius 1 is 1.62 bits per heavy atom. The molecule has 0 aromatic carbocycles. The minimum Gasteiger partial charge on any atom is -0.338 e. The maximum atomic E-state index is 12.0. The number of hydrogen-bond acceptors (Lipinski definition) is 4. The van der Waals surface area contributed by atoms with Crippen molar-refractivity contribution in [3.05, 3.63) is 11.8 Å². The lowest BCUT2D eigenvalue weighted by Gasteiger charge is -2.18. The Morgan fingerprint density at radius 3 is 3.06 bits per heavy atom. The van der Waals surface area contributed by atoms with Crippen molar-refractivity contribution in [2.45, 2.75) is 38.3 Å². The normalized spacial score (nSPS) is 31.9. The van der Waals surface area contributed by atoms with Crippen LogP contribution >= 0.6 is 0 Å². The largest absolute Gasteiger partial charge is 0.338 e. The SMILES string of the molecule is Cc1cc(NC(=O)C2CC3CCC2N3)on1. The van der Waals surface area contributed by atoms with Crippen LogP contribution in [0.3, 0.4) is 0 Å². The Kier molecular flexibility index (Phi) is 2.21. The first-order valence-corrected chi connectivity index (χ1v) is 5.72. The van der Waals surface area contributed by atoms with Crippen molar-refractivity contribution >= 4 is 11.8 Å². The summed E-state index contributed by atoms with van der Waals surface area (Å²) in [6, 6.07) is 2.63. The summed E-state index contributed by atoms with van der Waals surface area (Å²) in [6.45, 7) is 1.83. The molecule has 2 fully saturated rings. The van der Waals surface area contributed by atoms with Gasteiger partial charge in [-0.25, -0.2) is 0 Å². The molecule has 2 saturated heterocycles. The van der Waals surface area contributed by atoms with Crippen LogP contribution in [0.2, 0.25) is 0 Å². The third kappa shape index (κ3) is 1.61. The number of amides is 1. The van der Waals surface area contributed by atoms with E-state index in [0.29, 0.717) is 18.0 Å². The van der Waals surface area contributed by atoms with Crippen LogP contribution in [0.5, 0.6) is 0 Å². The first-order valence-electron chi connectivity index (χ1n) is 5.72. The van der Waals surface area contributed by atoms with Gasteiger partial charge in [0.25, 0.3) is 0 Å². The Labute approximate surface area is 93.6 Å². The topological polar surface area (TPSA) is 67.2 Å². The molecule has 86 valence electrons. The molecule has 0 spiro atoms. The van der Waals surface area contributed by atoms with Gasteiger partial charge in [0, 0.05) is 18.2 Å². The Hall–Kier alpha value is -1.36. The number of aromatic nitrogens is 1. The third-order valence-electron chi connectivity index (χ3n) is 3.51. The summed E-state index contributed by atoms with van der Waals surface area (Å²) in [6.07, 6.45) is 3.26. The van der Waals surface area contributed by atoms with Gasteiger partial charge in [-0.05, 0) is 26.2 Å². The average Bonchev–Trinajstić information content (AvgIpc) is 2.93. The lowest BCUT2D eigenvalue weighted by Crippen LogP contribution is -2.32. The van der Waals surface area contributed by atoms with Crippen LogP contribution < -0.4 is 10.6 Å². The fourth-order valence-electron chi connectivity index (χ4n) is 2.75. The van der Waals surface area contributed by atoms with Crippen LogP contribution in [0.25, 0.3) is 0 Å². The van der Waals surface area contributed by atoms with E-state index in [1.807, 2.05) is 6.92 Å². The molecule has 3 heterocycles. The molecule has 3 rings (SSSR count). The summed E-state index contributed by atoms with van der Waals surface area (Å²) in [7, 11) is 0. The van der Waals surface area contributed by atoms with E-state index >= 15 is 0 Å². The first-order chi connectivity index (χ1) is 7.72. The molecular formula is C11H15N3O2. The summed E-state index contributed by atoms with van der Waals surface area (Å²) in [5.41, 5.74) is 0.779. The van der Waals surface area contributed by atoms with Gasteiger partial charge in [-0.15, -0.1) is 0 Å². The Bertz CT molecular complexity index is 415. The van der Waals surface area contributed by atoms with Gasteiger partial charge < -0.3 is 9.84 Å². The molecule has 16 heavy (non-hydrogen) atoms. The molecule has 2 bridgehead atoms. The van der Waals surface area contributed by atoms with Crippen molar-refractivity contribution in [3.8, 4) is 0 Å². The number of nitrogens with zero attached hydrogens (tertiary/aromatic N) is 1. The first kappa shape index (κ1) is 9.84. The number of nitrogens with one attached hydrogen (secondary N) is 2. The van der Waals surface area contributed by atoms with Crippen molar-refractivity contribution in [1.82, 2.24) is 10.5 Å². The van der Waals surface area contributed by atoms with E-state index in [9.17, 15) is 4.79 Å². The molecule has 1 aromatic heterocycles. The fourth-order valence-corrected chi connectivity index (χ4v) is 2.75. The summed E-state index contributed by atoms with van der Waals surface area (Å²) in [4.78, 5) is 12.0. The Balaban J connectivity index is 1.65. The second kappa shape index (κ2) is 3.59. The highest BCUT2D eigenvalue weighted by atomic mass is 16.5. The molecule has 0 aliphatic carbocycles. The second-order valence-corrected chi connectivity index (χ2v) is 4.71. The lowest BCUT2D eigenvalue weighted by atomic mass is 9.88. The molecule has 2 N–H and O–H groups in total. The molecule has 5 heteroatoms. The zero-order chi connectivity index (χ0) is 11.1. The van der Waals surface area contributed by atoms with Crippen molar-refractivity contribution < 1.29 is 9.32 Å². The van der Waals surface area contributed by atoms with Gasteiger partial charge in [-0.2, -0.15) is 0 Å². The quantitative estimate of drug-likeness (QED) is 0.783. The molecule has 1 aromatic rings. The number of carbonyl (C=O) groups is 1. The van der Waals surface area contributed by atoms with E-state index in [4.69, 9.17) is 4.52 Å². The average molecular weight is 221 g/mol. The molecule has 1 amide bonds. The van der Waals surface area contributed by atoms with Crippen LogP contribution in [-0.2, 0) is 4.79 Å². The highest BCUT2D eigenvalue weighted by molar-refractivity contribution is 5.92. The van der Waals surface area contributed by atoms with Crippen molar-refractivity contribution in [2.75, 3.05) is 5.32 Å². The monoisotopic (exact) mass is 221 g/mol. The van der Waals surface area contributed by atoms with Gasteiger partial charge in [-0.3, -0.25) is 10.1 Å². The molecule has 0 radical (unpaired) electrons.